The number of pyridine rings is 1. The molecule has 0 saturated carbocycles. The van der Waals surface area contributed by atoms with Gasteiger partial charge in [0.2, 0.25) is 0 Å². The molecule has 2 nitrogen and oxygen atoms in total. The molecule has 4 heteroatoms. The zero-order valence-electron chi connectivity index (χ0n) is 15.2. The summed E-state index contributed by atoms with van der Waals surface area (Å²) in [6.45, 7) is 3.25. The average Bonchev–Trinajstić information content (AvgIpc) is 2.78. The zero-order chi connectivity index (χ0) is 19.2. The molecule has 0 aliphatic heterocycles. The van der Waals surface area contributed by atoms with Crippen molar-refractivity contribution in [2.75, 3.05) is 0 Å². The van der Waals surface area contributed by atoms with Crippen molar-refractivity contribution >= 4 is 26.0 Å². The van der Waals surface area contributed by atoms with Crippen molar-refractivity contribution in [3.8, 4) is 11.3 Å². The quantitative estimate of drug-likeness (QED) is 0.208. The molecule has 0 aliphatic carbocycles. The molecule has 1 radical (unpaired) electrons. The third-order valence-corrected chi connectivity index (χ3v) is 4.73. The maximum Gasteiger partial charge on any atom is 0.0160 e. The Morgan fingerprint density at radius 3 is 1.68 bits per heavy atom. The topological polar surface area (TPSA) is 30.0 Å². The van der Waals surface area contributed by atoms with Crippen LogP contribution in [0.1, 0.15) is 0 Å². The predicted octanol–water partition coefficient (Wildman–Crippen LogP) is 4.59. The summed E-state index contributed by atoms with van der Waals surface area (Å²) in [5.41, 5.74) is 2.01. The van der Waals surface area contributed by atoms with Gasteiger partial charge in [-0.1, -0.05) is 81.4 Å². The van der Waals surface area contributed by atoms with Crippen molar-refractivity contribution in [2.24, 2.45) is 0 Å². The van der Waals surface area contributed by atoms with E-state index in [-0.39, 0.29) is 20.1 Å². The van der Waals surface area contributed by atoms with Gasteiger partial charge in [-0.2, -0.15) is 0 Å². The fraction of sp³-hybridized carbons (Fsp3) is 0. The van der Waals surface area contributed by atoms with Crippen LogP contribution in [0.15, 0.2) is 109 Å². The molecule has 0 amide bonds. The molecule has 0 N–H and O–H groups in total. The van der Waals surface area contributed by atoms with E-state index in [0.717, 1.165) is 19.8 Å². The van der Waals surface area contributed by atoms with Crippen LogP contribution in [0.5, 0.6) is 0 Å². The van der Waals surface area contributed by atoms with Crippen LogP contribution in [0, 0.1) is 6.07 Å². The minimum absolute atomic E-state index is 0. The van der Waals surface area contributed by atoms with Gasteiger partial charge in [0.05, 0.1) is 0 Å². The fourth-order valence-corrected chi connectivity index (χ4v) is 3.34. The van der Waals surface area contributed by atoms with Gasteiger partial charge in [-0.05, 0) is 22.4 Å². The van der Waals surface area contributed by atoms with Crippen LogP contribution in [0.25, 0.3) is 11.3 Å². The Morgan fingerprint density at radius 2 is 1.21 bits per heavy atom. The van der Waals surface area contributed by atoms with E-state index in [9.17, 15) is 0 Å². The molecule has 0 atom stereocenters. The van der Waals surface area contributed by atoms with Crippen LogP contribution < -0.4 is 10.6 Å². The standard InChI is InChI=1S/C12H11P.C11H8N.CHO.Ir/c1-3-7-11(8-4-1)13-12-9-5-2-6-10-12;1-2-6-10(7-3-1)11-8-4-5-9-12-11;1-2;/h1-10,13H;1-6,8-9H;1H;/q;2*-1;. The van der Waals surface area contributed by atoms with Crippen LogP contribution in [0.4, 0.5) is 0 Å². The monoisotopic (exact) mass is 562 g/mol. The molecule has 0 fully saturated rings. The molecule has 4 rings (SSSR count). The molecule has 143 valence electrons. The molecular formula is C24H20IrNOP-2. The summed E-state index contributed by atoms with van der Waals surface area (Å²) in [5.74, 6) is 0. The van der Waals surface area contributed by atoms with Crippen LogP contribution in [-0.2, 0) is 24.9 Å². The Morgan fingerprint density at radius 1 is 0.679 bits per heavy atom. The smallest absolute Gasteiger partial charge is 0.0160 e. The first-order valence-corrected chi connectivity index (χ1v) is 9.40. The molecule has 1 heterocycles. The summed E-state index contributed by atoms with van der Waals surface area (Å²) < 4.78 is 0. The summed E-state index contributed by atoms with van der Waals surface area (Å²) >= 11 is 0. The maximum atomic E-state index is 7.75. The molecule has 4 aromatic rings. The minimum Gasteiger partial charge on any atom is -0.545 e. The Bertz CT molecular complexity index is 800. The van der Waals surface area contributed by atoms with Gasteiger partial charge in [0.1, 0.15) is 0 Å². The molecule has 1 aromatic heterocycles. The number of nitrogens with zero attached hydrogens (tertiary/aromatic N) is 1. The predicted molar refractivity (Wildman–Crippen MR) is 116 cm³/mol. The summed E-state index contributed by atoms with van der Waals surface area (Å²) in [4.78, 5) is 12.0. The summed E-state index contributed by atoms with van der Waals surface area (Å²) in [6.07, 6.45) is 1.79. The second-order valence-corrected chi connectivity index (χ2v) is 6.75. The Balaban J connectivity index is 0.000000250. The Kier molecular flexibility index (Phi) is 12.3. The van der Waals surface area contributed by atoms with Crippen molar-refractivity contribution in [3.63, 3.8) is 0 Å². The van der Waals surface area contributed by atoms with Crippen LogP contribution in [0.3, 0.4) is 0 Å². The van der Waals surface area contributed by atoms with Crippen LogP contribution in [-0.4, -0.2) is 11.8 Å². The molecule has 3 aromatic carbocycles. The van der Waals surface area contributed by atoms with Gasteiger partial charge < -0.3 is 9.78 Å². The zero-order valence-corrected chi connectivity index (χ0v) is 18.6. The fourth-order valence-electron chi connectivity index (χ4n) is 2.28. The summed E-state index contributed by atoms with van der Waals surface area (Å²) in [5, 5.41) is 2.79. The number of hydrogen-bond donors (Lipinski definition) is 0. The third kappa shape index (κ3) is 8.50. The first-order chi connectivity index (χ1) is 13.4. The number of aromatic nitrogens is 1. The Hall–Kier alpha value is -2.44. The van der Waals surface area contributed by atoms with E-state index in [0.29, 0.717) is 0 Å². The largest absolute Gasteiger partial charge is 0.545 e. The average molecular weight is 562 g/mol. The maximum absolute atomic E-state index is 7.75. The number of benzene rings is 3. The molecule has 28 heavy (non-hydrogen) atoms. The molecule has 0 saturated heterocycles. The molecule has 0 aliphatic rings. The van der Waals surface area contributed by atoms with E-state index in [4.69, 9.17) is 4.79 Å². The number of rotatable bonds is 3. The van der Waals surface area contributed by atoms with Gasteiger partial charge in [-0.15, -0.1) is 35.9 Å². The van der Waals surface area contributed by atoms with Crippen LogP contribution in [0.2, 0.25) is 0 Å². The number of hydrogen-bond acceptors (Lipinski definition) is 2. The number of carbonyl (C=O) groups excluding carboxylic acids is 1. The van der Waals surface area contributed by atoms with E-state index in [1.165, 1.54) is 10.6 Å². The van der Waals surface area contributed by atoms with E-state index >= 15 is 0 Å². The molecule has 0 bridgehead atoms. The normalized spacial score (nSPS) is 8.86. The van der Waals surface area contributed by atoms with Gasteiger partial charge in [-0.25, -0.2) is 0 Å². The van der Waals surface area contributed by atoms with E-state index in [1.54, 1.807) is 6.20 Å². The van der Waals surface area contributed by atoms with Crippen molar-refractivity contribution in [1.82, 2.24) is 4.98 Å². The third-order valence-electron chi connectivity index (χ3n) is 3.49. The van der Waals surface area contributed by atoms with E-state index < -0.39 is 0 Å². The summed E-state index contributed by atoms with van der Waals surface area (Å²) in [6, 6.07) is 38.0. The van der Waals surface area contributed by atoms with Gasteiger partial charge in [0.25, 0.3) is 0 Å². The van der Waals surface area contributed by atoms with Crippen molar-refractivity contribution in [3.05, 3.63) is 115 Å². The van der Waals surface area contributed by atoms with Gasteiger partial charge >= 0.3 is 0 Å². The van der Waals surface area contributed by atoms with Crippen molar-refractivity contribution in [2.45, 2.75) is 0 Å². The summed E-state index contributed by atoms with van der Waals surface area (Å²) in [7, 11) is 0.777. The van der Waals surface area contributed by atoms with E-state index in [1.807, 2.05) is 42.5 Å². The molecular weight excluding hydrogens is 541 g/mol. The molecule has 0 unspecified atom stereocenters. The van der Waals surface area contributed by atoms with Gasteiger partial charge in [-0.3, -0.25) is 6.79 Å². The van der Waals surface area contributed by atoms with Gasteiger partial charge in [0.15, 0.2) is 0 Å². The molecule has 0 spiro atoms. The first-order valence-electron chi connectivity index (χ1n) is 8.40. The van der Waals surface area contributed by atoms with Gasteiger partial charge in [0, 0.05) is 26.3 Å². The first kappa shape index (κ1) is 23.6. The van der Waals surface area contributed by atoms with Crippen molar-refractivity contribution < 1.29 is 24.9 Å². The van der Waals surface area contributed by atoms with Crippen molar-refractivity contribution in [1.29, 1.82) is 0 Å². The minimum atomic E-state index is 0. The van der Waals surface area contributed by atoms with E-state index in [2.05, 4.69) is 78.5 Å². The SMILES string of the molecule is [CH-]=O.[Ir].[c-]1ccccc1-c1ccccn1.c1ccc(Pc2ccccc2)cc1. The van der Waals surface area contributed by atoms with Crippen LogP contribution >= 0.6 is 8.58 Å². The second-order valence-electron chi connectivity index (χ2n) is 5.35. The second kappa shape index (κ2) is 14.6. The Labute approximate surface area is 182 Å².